The zero-order chi connectivity index (χ0) is 7.65. The SMILES string of the molecule is CC(O)C(O)S(=O)(=O)O.[Ca+2].[H-].[H-]. The predicted octanol–water partition coefficient (Wildman–Crippen LogP) is -1.58. The van der Waals surface area contributed by atoms with E-state index in [1.54, 1.807) is 0 Å². The zero-order valence-electron chi connectivity index (χ0n) is 7.43. The van der Waals surface area contributed by atoms with E-state index in [0.29, 0.717) is 0 Å². The van der Waals surface area contributed by atoms with Gasteiger partial charge in [0.2, 0.25) is 5.44 Å². The Morgan fingerprint density at radius 2 is 1.70 bits per heavy atom. The van der Waals surface area contributed by atoms with Crippen LogP contribution in [-0.4, -0.2) is 72.5 Å². The van der Waals surface area contributed by atoms with E-state index in [4.69, 9.17) is 14.8 Å². The van der Waals surface area contributed by atoms with Gasteiger partial charge in [-0.2, -0.15) is 8.42 Å². The maximum atomic E-state index is 9.92. The van der Waals surface area contributed by atoms with Crippen LogP contribution in [-0.2, 0) is 10.1 Å². The van der Waals surface area contributed by atoms with Gasteiger partial charge in [0.15, 0.2) is 0 Å². The maximum absolute atomic E-state index is 9.92. The molecule has 2 unspecified atom stereocenters. The van der Waals surface area contributed by atoms with Crippen LogP contribution in [0.2, 0.25) is 0 Å². The summed E-state index contributed by atoms with van der Waals surface area (Å²) in [7, 11) is -4.50. The van der Waals surface area contributed by atoms with Gasteiger partial charge in [-0.25, -0.2) is 0 Å². The first-order valence-electron chi connectivity index (χ1n) is 2.18. The molecule has 10 heavy (non-hydrogen) atoms. The van der Waals surface area contributed by atoms with Crippen LogP contribution in [0.1, 0.15) is 9.78 Å². The number of hydrogen-bond acceptors (Lipinski definition) is 4. The van der Waals surface area contributed by atoms with Gasteiger partial charge in [0.05, 0.1) is 6.10 Å². The molecule has 0 spiro atoms. The molecule has 0 saturated heterocycles. The van der Waals surface area contributed by atoms with Crippen molar-refractivity contribution < 1.29 is 26.0 Å². The van der Waals surface area contributed by atoms with Gasteiger partial charge in [0, 0.05) is 0 Å². The van der Waals surface area contributed by atoms with E-state index in [-0.39, 0.29) is 40.6 Å². The van der Waals surface area contributed by atoms with Gasteiger partial charge in [-0.05, 0) is 6.92 Å². The molecule has 0 aromatic carbocycles. The predicted molar refractivity (Wildman–Crippen MR) is 37.2 cm³/mol. The van der Waals surface area contributed by atoms with Crippen LogP contribution in [0.3, 0.4) is 0 Å². The summed E-state index contributed by atoms with van der Waals surface area (Å²) in [5.74, 6) is 0. The van der Waals surface area contributed by atoms with Gasteiger partial charge in [-0.3, -0.25) is 4.55 Å². The summed E-state index contributed by atoms with van der Waals surface area (Å²) in [5, 5.41) is 16.7. The molecule has 0 aliphatic rings. The Morgan fingerprint density at radius 3 is 1.70 bits per heavy atom. The smallest absolute Gasteiger partial charge is 1.00 e. The first-order valence-corrected chi connectivity index (χ1v) is 3.68. The van der Waals surface area contributed by atoms with Crippen molar-refractivity contribution in [1.82, 2.24) is 0 Å². The van der Waals surface area contributed by atoms with E-state index < -0.39 is 21.7 Å². The van der Waals surface area contributed by atoms with Crippen LogP contribution in [0.5, 0.6) is 0 Å². The normalized spacial score (nSPS) is 17.2. The fourth-order valence-electron chi connectivity index (χ4n) is 0.249. The third-order valence-electron chi connectivity index (χ3n) is 0.718. The van der Waals surface area contributed by atoms with E-state index in [0.717, 1.165) is 6.92 Å². The Kier molecular flexibility index (Phi) is 6.65. The minimum atomic E-state index is -4.50. The minimum absolute atomic E-state index is 0. The van der Waals surface area contributed by atoms with Crippen LogP contribution in [0.4, 0.5) is 0 Å². The maximum Gasteiger partial charge on any atom is 2.00 e. The fourth-order valence-corrected chi connectivity index (χ4v) is 0.747. The zero-order valence-corrected chi connectivity index (χ0v) is 8.45. The molecule has 0 amide bonds. The molecule has 0 fully saturated rings. The second kappa shape index (κ2) is 4.87. The summed E-state index contributed by atoms with van der Waals surface area (Å²) in [6.07, 6.45) is -1.47. The number of aliphatic hydroxyl groups excluding tert-OH is 2. The third kappa shape index (κ3) is 4.84. The van der Waals surface area contributed by atoms with Crippen LogP contribution in [0, 0.1) is 0 Å². The van der Waals surface area contributed by atoms with Gasteiger partial charge in [0.25, 0.3) is 10.1 Å². The van der Waals surface area contributed by atoms with E-state index in [2.05, 4.69) is 0 Å². The van der Waals surface area contributed by atoms with Gasteiger partial charge in [-0.1, -0.05) is 0 Å². The fraction of sp³-hybridized carbons (Fsp3) is 1.00. The first-order chi connectivity index (χ1) is 3.85. The average molecular weight is 198 g/mol. The van der Waals surface area contributed by atoms with Crippen molar-refractivity contribution in [2.24, 2.45) is 0 Å². The summed E-state index contributed by atoms with van der Waals surface area (Å²) in [4.78, 5) is 0. The van der Waals surface area contributed by atoms with E-state index in [1.165, 1.54) is 0 Å². The summed E-state index contributed by atoms with van der Waals surface area (Å²) < 4.78 is 27.9. The molecule has 3 N–H and O–H groups in total. The molecule has 0 aliphatic carbocycles. The average Bonchev–Trinajstić information content (AvgIpc) is 1.62. The van der Waals surface area contributed by atoms with Crippen molar-refractivity contribution in [1.29, 1.82) is 0 Å². The van der Waals surface area contributed by atoms with E-state index >= 15 is 0 Å². The Labute approximate surface area is 91.8 Å². The van der Waals surface area contributed by atoms with Gasteiger partial charge in [-0.15, -0.1) is 0 Å². The molecular weight excluding hydrogens is 188 g/mol. The minimum Gasteiger partial charge on any atom is -1.00 e. The summed E-state index contributed by atoms with van der Waals surface area (Å²) in [6.45, 7) is 1.05. The molecule has 7 heteroatoms. The summed E-state index contributed by atoms with van der Waals surface area (Å²) in [6, 6.07) is 0. The molecule has 0 aromatic heterocycles. The van der Waals surface area contributed by atoms with E-state index in [1.807, 2.05) is 0 Å². The summed E-state index contributed by atoms with van der Waals surface area (Å²) in [5.41, 5.74) is -2.10. The van der Waals surface area contributed by atoms with Crippen molar-refractivity contribution in [2.75, 3.05) is 0 Å². The van der Waals surface area contributed by atoms with Crippen molar-refractivity contribution in [3.8, 4) is 0 Å². The number of rotatable bonds is 2. The number of hydrogen-bond donors (Lipinski definition) is 3. The van der Waals surface area contributed by atoms with Crippen molar-refractivity contribution >= 4 is 47.9 Å². The molecule has 0 heterocycles. The van der Waals surface area contributed by atoms with Crippen molar-refractivity contribution in [3.63, 3.8) is 0 Å². The van der Waals surface area contributed by atoms with E-state index in [9.17, 15) is 8.42 Å². The molecule has 60 valence electrons. The van der Waals surface area contributed by atoms with Crippen LogP contribution in [0.15, 0.2) is 0 Å². The van der Waals surface area contributed by atoms with Gasteiger partial charge >= 0.3 is 37.7 Å². The van der Waals surface area contributed by atoms with Crippen LogP contribution in [0.25, 0.3) is 0 Å². The second-order valence-corrected chi connectivity index (χ2v) is 3.16. The van der Waals surface area contributed by atoms with Crippen molar-refractivity contribution in [3.05, 3.63) is 0 Å². The molecule has 5 nitrogen and oxygen atoms in total. The van der Waals surface area contributed by atoms with Crippen LogP contribution >= 0.6 is 0 Å². The molecule has 2 atom stereocenters. The first kappa shape index (κ1) is 13.7. The molecule has 0 saturated carbocycles. The Morgan fingerprint density at radius 1 is 1.40 bits per heavy atom. The van der Waals surface area contributed by atoms with Crippen LogP contribution < -0.4 is 0 Å². The van der Waals surface area contributed by atoms with Gasteiger partial charge < -0.3 is 13.1 Å². The molecule has 0 aliphatic heterocycles. The van der Waals surface area contributed by atoms with Gasteiger partial charge in [0.1, 0.15) is 0 Å². The monoisotopic (exact) mass is 198 g/mol. The molecule has 0 bridgehead atoms. The standard InChI is InChI=1S/C3H8O5S.Ca.2H/c1-2(4)3(5)9(6,7)8;;;/h2-5H,1H3,(H,6,7,8);;;/q;+2;2*-1. The largest absolute Gasteiger partial charge is 2.00 e. The molecule has 0 rings (SSSR count). The van der Waals surface area contributed by atoms with Crippen molar-refractivity contribution in [2.45, 2.75) is 18.5 Å². The molecule has 0 aromatic rings. The topological polar surface area (TPSA) is 94.8 Å². The Bertz CT molecular complexity index is 181. The second-order valence-electron chi connectivity index (χ2n) is 1.65. The summed E-state index contributed by atoms with van der Waals surface area (Å²) >= 11 is 0. The quantitative estimate of drug-likeness (QED) is 0.367. The Hall–Kier alpha value is 1.09. The Balaban J connectivity index is -0.000000107. The molecule has 0 radical (unpaired) electrons. The third-order valence-corrected chi connectivity index (χ3v) is 1.72. The number of aliphatic hydroxyl groups is 2. The molecular formula is C3H10CaO5S.